The highest BCUT2D eigenvalue weighted by Crippen LogP contribution is 2.24. The van der Waals surface area contributed by atoms with Crippen molar-refractivity contribution in [1.82, 2.24) is 15.2 Å². The second kappa shape index (κ2) is 11.3. The van der Waals surface area contributed by atoms with Crippen LogP contribution in [-0.2, 0) is 13.0 Å². The van der Waals surface area contributed by atoms with Gasteiger partial charge >= 0.3 is 0 Å². The number of likely N-dealkylation sites (tertiary alicyclic amines) is 1. The first-order valence-corrected chi connectivity index (χ1v) is 11.1. The first kappa shape index (κ1) is 24.0. The highest BCUT2D eigenvalue weighted by Gasteiger charge is 2.32. The van der Waals surface area contributed by atoms with Gasteiger partial charge in [-0.2, -0.15) is 0 Å². The molecule has 0 unspecified atom stereocenters. The van der Waals surface area contributed by atoms with Gasteiger partial charge < -0.3 is 10.2 Å². The summed E-state index contributed by atoms with van der Waals surface area (Å²) >= 11 is 0. The molecule has 1 aliphatic heterocycles. The van der Waals surface area contributed by atoms with Crippen LogP contribution in [-0.4, -0.2) is 34.4 Å². The van der Waals surface area contributed by atoms with Crippen LogP contribution in [0.3, 0.4) is 0 Å². The van der Waals surface area contributed by atoms with Crippen LogP contribution in [0.15, 0.2) is 73.1 Å². The van der Waals surface area contributed by atoms with Crippen LogP contribution in [0.25, 0.3) is 0 Å². The predicted octanol–water partition coefficient (Wildman–Crippen LogP) is 5.13. The van der Waals surface area contributed by atoms with Gasteiger partial charge in [0.05, 0.1) is 0 Å². The van der Waals surface area contributed by atoms with Gasteiger partial charge in [-0.3, -0.25) is 9.78 Å². The maximum atomic E-state index is 13.5. The van der Waals surface area contributed by atoms with Crippen LogP contribution in [0.2, 0.25) is 0 Å². The summed E-state index contributed by atoms with van der Waals surface area (Å²) in [7, 11) is 0. The largest absolute Gasteiger partial charge is 0.335 e. The van der Waals surface area contributed by atoms with Crippen molar-refractivity contribution in [2.75, 3.05) is 6.54 Å². The fourth-order valence-corrected chi connectivity index (χ4v) is 4.61. The van der Waals surface area contributed by atoms with Crippen molar-refractivity contribution in [2.45, 2.75) is 51.7 Å². The Morgan fingerprint density at radius 3 is 2.38 bits per heavy atom. The number of carbonyl (C=O) groups excluding carboxylic acids is 1. The Balaban J connectivity index is 0.00000289. The van der Waals surface area contributed by atoms with Gasteiger partial charge in [-0.1, -0.05) is 47.5 Å². The Bertz CT molecular complexity index is 990. The third kappa shape index (κ3) is 6.18. The number of aryl methyl sites for hydroxylation is 2. The molecule has 5 heteroatoms. The summed E-state index contributed by atoms with van der Waals surface area (Å²) in [4.78, 5) is 19.7. The smallest absolute Gasteiger partial charge is 0.254 e. The molecule has 0 bridgehead atoms. The fraction of sp³-hybridized carbons (Fsp3) is 0.333. The minimum Gasteiger partial charge on any atom is -0.335 e. The van der Waals surface area contributed by atoms with E-state index in [2.05, 4.69) is 59.4 Å². The lowest BCUT2D eigenvalue weighted by atomic mass is 9.91. The lowest BCUT2D eigenvalue weighted by Gasteiger charge is -2.40. The number of nitrogens with zero attached hydrogens (tertiary/aromatic N) is 2. The molecule has 4 nitrogen and oxygen atoms in total. The summed E-state index contributed by atoms with van der Waals surface area (Å²) in [5, 5.41) is 3.71. The van der Waals surface area contributed by atoms with Gasteiger partial charge in [-0.25, -0.2) is 0 Å². The zero-order chi connectivity index (χ0) is 21.6. The Hall–Kier alpha value is -2.69. The molecule has 1 aromatic heterocycles. The topological polar surface area (TPSA) is 45.2 Å². The number of benzene rings is 2. The summed E-state index contributed by atoms with van der Waals surface area (Å²) in [6.07, 6.45) is 6.47. The molecule has 2 aromatic carbocycles. The zero-order valence-corrected chi connectivity index (χ0v) is 19.6. The molecule has 32 heavy (non-hydrogen) atoms. The minimum absolute atomic E-state index is 0. The number of hydrogen-bond donors (Lipinski definition) is 1. The molecule has 1 fully saturated rings. The molecule has 4 rings (SSSR count). The average Bonchev–Trinajstić information content (AvgIpc) is 2.78. The Kier molecular flexibility index (Phi) is 8.43. The molecule has 3 aromatic rings. The van der Waals surface area contributed by atoms with E-state index in [0.717, 1.165) is 49.0 Å². The molecule has 1 saturated heterocycles. The molecule has 0 aliphatic carbocycles. The van der Waals surface area contributed by atoms with Crippen LogP contribution in [0.5, 0.6) is 0 Å². The minimum atomic E-state index is 0. The van der Waals surface area contributed by atoms with E-state index in [4.69, 9.17) is 0 Å². The lowest BCUT2D eigenvalue weighted by Crippen LogP contribution is -2.51. The van der Waals surface area contributed by atoms with Crippen molar-refractivity contribution in [3.05, 3.63) is 101 Å². The van der Waals surface area contributed by atoms with Crippen LogP contribution in [0, 0.1) is 13.8 Å². The summed E-state index contributed by atoms with van der Waals surface area (Å²) in [6.45, 7) is 5.72. The highest BCUT2D eigenvalue weighted by molar-refractivity contribution is 5.95. The first-order valence-electron chi connectivity index (χ1n) is 11.1. The fourth-order valence-electron chi connectivity index (χ4n) is 4.61. The number of piperidine rings is 1. The first-order chi connectivity index (χ1) is 15.1. The molecule has 0 saturated carbocycles. The van der Waals surface area contributed by atoms with Crippen molar-refractivity contribution in [2.24, 2.45) is 0 Å². The molecular formula is C27H32ClN3O. The molecule has 2 atom stereocenters. The molecule has 1 N–H and O–H groups in total. The molecule has 1 amide bonds. The van der Waals surface area contributed by atoms with Gasteiger partial charge in [-0.15, -0.1) is 12.4 Å². The summed E-state index contributed by atoms with van der Waals surface area (Å²) < 4.78 is 0. The van der Waals surface area contributed by atoms with E-state index in [1.807, 2.05) is 42.7 Å². The molecule has 168 valence electrons. The third-order valence-corrected chi connectivity index (χ3v) is 6.10. The maximum absolute atomic E-state index is 13.5. The maximum Gasteiger partial charge on any atom is 0.254 e. The van der Waals surface area contributed by atoms with E-state index >= 15 is 0 Å². The van der Waals surface area contributed by atoms with Crippen molar-refractivity contribution < 1.29 is 4.79 Å². The van der Waals surface area contributed by atoms with E-state index < -0.39 is 0 Å². The van der Waals surface area contributed by atoms with Crippen LogP contribution in [0.1, 0.15) is 45.5 Å². The number of halogens is 1. The SMILES string of the molecule is Cc1cc(C)cc(C(=O)N2CC[C@@H](NCc3ccncc3)C[C@H]2Cc2ccccc2)c1.Cl. The summed E-state index contributed by atoms with van der Waals surface area (Å²) in [5.41, 5.74) is 5.59. The average molecular weight is 450 g/mol. The van der Waals surface area contributed by atoms with E-state index in [1.165, 1.54) is 11.1 Å². The predicted molar refractivity (Wildman–Crippen MR) is 132 cm³/mol. The Morgan fingerprint density at radius 2 is 1.69 bits per heavy atom. The van der Waals surface area contributed by atoms with E-state index in [1.54, 1.807) is 0 Å². The number of nitrogens with one attached hydrogen (secondary N) is 1. The number of pyridine rings is 1. The summed E-state index contributed by atoms with van der Waals surface area (Å²) in [6, 6.07) is 21.3. The molecular weight excluding hydrogens is 418 g/mol. The van der Waals surface area contributed by atoms with Crippen LogP contribution in [0.4, 0.5) is 0 Å². The Labute approximate surface area is 197 Å². The second-order valence-corrected chi connectivity index (χ2v) is 8.68. The standard InChI is InChI=1S/C27H31N3O.ClH/c1-20-14-21(2)16-24(15-20)27(31)30-13-10-25(29-19-23-8-11-28-12-9-23)18-26(30)17-22-6-4-3-5-7-22;/h3-9,11-12,14-16,25-26,29H,10,13,17-19H2,1-2H3;1H/t25-,26-;/m1./s1. The van der Waals surface area contributed by atoms with Crippen molar-refractivity contribution >= 4 is 18.3 Å². The van der Waals surface area contributed by atoms with E-state index in [-0.39, 0.29) is 24.4 Å². The van der Waals surface area contributed by atoms with Gasteiger partial charge in [0.15, 0.2) is 0 Å². The number of carbonyl (C=O) groups is 1. The third-order valence-electron chi connectivity index (χ3n) is 6.10. The van der Waals surface area contributed by atoms with Crippen molar-refractivity contribution in [3.63, 3.8) is 0 Å². The number of rotatable bonds is 6. The van der Waals surface area contributed by atoms with Gasteiger partial charge in [0, 0.05) is 43.1 Å². The normalized spacial score (nSPS) is 18.1. The Morgan fingerprint density at radius 1 is 1.00 bits per heavy atom. The molecule has 1 aliphatic rings. The van der Waals surface area contributed by atoms with E-state index in [0.29, 0.717) is 6.04 Å². The van der Waals surface area contributed by atoms with Gasteiger partial charge in [0.2, 0.25) is 0 Å². The number of hydrogen-bond acceptors (Lipinski definition) is 3. The van der Waals surface area contributed by atoms with E-state index in [9.17, 15) is 4.79 Å². The van der Waals surface area contributed by atoms with Gasteiger partial charge in [-0.05, 0) is 68.5 Å². The zero-order valence-electron chi connectivity index (χ0n) is 18.8. The van der Waals surface area contributed by atoms with Gasteiger partial charge in [0.25, 0.3) is 5.91 Å². The number of aromatic nitrogens is 1. The summed E-state index contributed by atoms with van der Waals surface area (Å²) in [5.74, 6) is 0.153. The van der Waals surface area contributed by atoms with Gasteiger partial charge in [0.1, 0.15) is 0 Å². The number of amides is 1. The van der Waals surface area contributed by atoms with Crippen molar-refractivity contribution in [3.8, 4) is 0 Å². The van der Waals surface area contributed by atoms with Crippen LogP contribution >= 0.6 is 12.4 Å². The molecule has 0 radical (unpaired) electrons. The molecule has 0 spiro atoms. The second-order valence-electron chi connectivity index (χ2n) is 8.68. The lowest BCUT2D eigenvalue weighted by molar-refractivity contribution is 0.0576. The molecule has 2 heterocycles. The quantitative estimate of drug-likeness (QED) is 0.567. The monoisotopic (exact) mass is 449 g/mol. The van der Waals surface area contributed by atoms with Crippen LogP contribution < -0.4 is 5.32 Å². The highest BCUT2D eigenvalue weighted by atomic mass is 35.5. The van der Waals surface area contributed by atoms with Crippen molar-refractivity contribution in [1.29, 1.82) is 0 Å².